The Labute approximate surface area is 240 Å². The van der Waals surface area contributed by atoms with Crippen molar-refractivity contribution in [3.8, 4) is 0 Å². The Hall–Kier alpha value is -3.22. The Morgan fingerprint density at radius 1 is 0.927 bits per heavy atom. The van der Waals surface area contributed by atoms with Crippen LogP contribution in [0.1, 0.15) is 55.5 Å². The van der Waals surface area contributed by atoms with Crippen molar-refractivity contribution in [2.45, 2.75) is 38.7 Å². The second kappa shape index (κ2) is 12.7. The van der Waals surface area contributed by atoms with Crippen molar-refractivity contribution >= 4 is 40.3 Å². The van der Waals surface area contributed by atoms with Crippen LogP contribution < -0.4 is 10.6 Å². The van der Waals surface area contributed by atoms with E-state index in [1.54, 1.807) is 13.8 Å². The number of amides is 2. The summed E-state index contributed by atoms with van der Waals surface area (Å²) in [5.41, 5.74) is -1.90. The Balaban J connectivity index is 1.84. The fourth-order valence-corrected chi connectivity index (χ4v) is 5.20. The van der Waals surface area contributed by atoms with E-state index in [1.165, 1.54) is 42.7 Å². The lowest BCUT2D eigenvalue weighted by molar-refractivity contribution is -0.143. The molecule has 220 valence electrons. The molecule has 0 aromatic heterocycles. The minimum absolute atomic E-state index is 0.0198. The normalized spacial score (nSPS) is 13.4. The quantitative estimate of drug-likeness (QED) is 0.210. The predicted molar refractivity (Wildman–Crippen MR) is 146 cm³/mol. The lowest BCUT2D eigenvalue weighted by Gasteiger charge is -2.17. The van der Waals surface area contributed by atoms with Crippen LogP contribution >= 0.6 is 11.6 Å². The summed E-state index contributed by atoms with van der Waals surface area (Å²) in [5.74, 6) is -1.11. The number of carbonyl (C=O) groups excluding carboxylic acids is 2. The standard InChI is InChI=1S/C28H25ClF6N2O3S/c1-15-9-17(10-18-11-19(27(30,31)32)13-20(12-18)28(33,34)35)7-8-23(15)37-25(38)21-5-4-6-22(29)24(21)26(39)36-16(2)14-41(3)40/h4-9,11-13,16H,10,14H2,1-3H3,(H,36,39)(H,37,38)/t16?,41-/m0/s1. The van der Waals surface area contributed by atoms with E-state index in [1.807, 2.05) is 0 Å². The van der Waals surface area contributed by atoms with Crippen LogP contribution in [0.25, 0.3) is 0 Å². The van der Waals surface area contributed by atoms with Crippen molar-refractivity contribution in [3.05, 3.63) is 98.6 Å². The van der Waals surface area contributed by atoms with E-state index in [0.717, 1.165) is 0 Å². The smallest absolute Gasteiger partial charge is 0.416 e. The van der Waals surface area contributed by atoms with Gasteiger partial charge in [-0.05, 0) is 73.4 Å². The number of aryl methyl sites for hydroxylation is 1. The molecule has 0 aliphatic rings. The number of rotatable bonds is 8. The zero-order valence-electron chi connectivity index (χ0n) is 22.0. The first-order chi connectivity index (χ1) is 19.0. The zero-order chi connectivity index (χ0) is 30.7. The molecule has 0 fully saturated rings. The Morgan fingerprint density at radius 2 is 1.54 bits per heavy atom. The van der Waals surface area contributed by atoms with Crippen molar-refractivity contribution in [2.75, 3.05) is 17.3 Å². The SMILES string of the molecule is Cc1cc(Cc2cc(C(F)(F)F)cc(C(F)(F)F)c2)ccc1NC(=O)c1cccc(Cl)c1C(=O)NC(C)C[S@+](C)[O-]. The van der Waals surface area contributed by atoms with Crippen LogP contribution in [-0.2, 0) is 29.9 Å². The summed E-state index contributed by atoms with van der Waals surface area (Å²) in [4.78, 5) is 26.0. The number of benzene rings is 3. The summed E-state index contributed by atoms with van der Waals surface area (Å²) >= 11 is 5.06. The maximum Gasteiger partial charge on any atom is 0.416 e. The summed E-state index contributed by atoms with van der Waals surface area (Å²) in [5, 5.41) is 5.34. The van der Waals surface area contributed by atoms with E-state index < -0.39 is 52.5 Å². The van der Waals surface area contributed by atoms with E-state index in [2.05, 4.69) is 10.6 Å². The molecule has 2 amide bonds. The van der Waals surface area contributed by atoms with Crippen LogP contribution in [-0.4, -0.2) is 34.4 Å². The first kappa shape index (κ1) is 32.3. The van der Waals surface area contributed by atoms with Crippen LogP contribution in [0.4, 0.5) is 32.0 Å². The molecule has 0 spiro atoms. The van der Waals surface area contributed by atoms with Gasteiger partial charge in [0.15, 0.2) is 0 Å². The number of halogens is 7. The molecule has 0 aliphatic heterocycles. The molecule has 0 bridgehead atoms. The fraction of sp³-hybridized carbons (Fsp3) is 0.286. The summed E-state index contributed by atoms with van der Waals surface area (Å²) < 4.78 is 90.8. The Kier molecular flexibility index (Phi) is 10.0. The van der Waals surface area contributed by atoms with E-state index in [-0.39, 0.29) is 40.0 Å². The van der Waals surface area contributed by atoms with Crippen molar-refractivity contribution in [3.63, 3.8) is 0 Å². The lowest BCUT2D eigenvalue weighted by atomic mass is 9.98. The Bertz CT molecular complexity index is 1410. The third kappa shape index (κ3) is 8.64. The van der Waals surface area contributed by atoms with Gasteiger partial charge in [0.1, 0.15) is 5.75 Å². The summed E-state index contributed by atoms with van der Waals surface area (Å²) in [6.45, 7) is 3.26. The molecule has 3 aromatic rings. The van der Waals surface area contributed by atoms with Crippen LogP contribution in [0, 0.1) is 6.92 Å². The van der Waals surface area contributed by atoms with Gasteiger partial charge in [-0.1, -0.05) is 41.0 Å². The van der Waals surface area contributed by atoms with Crippen molar-refractivity contribution < 1.29 is 40.5 Å². The first-order valence-corrected chi connectivity index (χ1v) is 14.1. The third-order valence-electron chi connectivity index (χ3n) is 5.94. The van der Waals surface area contributed by atoms with Crippen molar-refractivity contribution in [1.82, 2.24) is 5.32 Å². The average molecular weight is 619 g/mol. The largest absolute Gasteiger partial charge is 0.616 e. The third-order valence-corrected chi connectivity index (χ3v) is 7.23. The monoisotopic (exact) mass is 618 g/mol. The molecule has 3 aromatic carbocycles. The van der Waals surface area contributed by atoms with Crippen LogP contribution in [0.2, 0.25) is 5.02 Å². The number of nitrogens with one attached hydrogen (secondary N) is 2. The molecular weight excluding hydrogens is 594 g/mol. The Morgan fingerprint density at radius 3 is 2.07 bits per heavy atom. The van der Waals surface area contributed by atoms with Crippen LogP contribution in [0.15, 0.2) is 54.6 Å². The van der Waals surface area contributed by atoms with Gasteiger partial charge in [0.05, 0.1) is 39.6 Å². The summed E-state index contributed by atoms with van der Waals surface area (Å²) in [6.07, 6.45) is -8.64. The van der Waals surface area contributed by atoms with Gasteiger partial charge in [-0.15, -0.1) is 0 Å². The van der Waals surface area contributed by atoms with Gasteiger partial charge in [-0.25, -0.2) is 0 Å². The highest BCUT2D eigenvalue weighted by Gasteiger charge is 2.37. The lowest BCUT2D eigenvalue weighted by Crippen LogP contribution is -2.38. The highest BCUT2D eigenvalue weighted by molar-refractivity contribution is 7.90. The van der Waals surface area contributed by atoms with Crippen LogP contribution in [0.5, 0.6) is 0 Å². The van der Waals surface area contributed by atoms with E-state index in [9.17, 15) is 40.5 Å². The van der Waals surface area contributed by atoms with Gasteiger partial charge in [-0.2, -0.15) is 26.3 Å². The van der Waals surface area contributed by atoms with E-state index in [4.69, 9.17) is 11.6 Å². The maximum atomic E-state index is 13.2. The average Bonchev–Trinajstić information content (AvgIpc) is 2.83. The van der Waals surface area contributed by atoms with Gasteiger partial charge in [0.2, 0.25) is 0 Å². The molecule has 0 radical (unpaired) electrons. The minimum Gasteiger partial charge on any atom is -0.616 e. The second-order valence-electron chi connectivity index (χ2n) is 9.47. The number of carbonyl (C=O) groups is 2. The molecule has 0 saturated heterocycles. The number of hydrogen-bond donors (Lipinski definition) is 2. The number of anilines is 1. The van der Waals surface area contributed by atoms with Gasteiger partial charge < -0.3 is 15.2 Å². The maximum absolute atomic E-state index is 13.2. The number of hydrogen-bond acceptors (Lipinski definition) is 3. The molecule has 0 heterocycles. The molecule has 2 N–H and O–H groups in total. The minimum atomic E-state index is -4.96. The molecule has 5 nitrogen and oxygen atoms in total. The topological polar surface area (TPSA) is 81.3 Å². The molecular formula is C28H25ClF6N2O3S. The molecule has 0 saturated carbocycles. The fourth-order valence-electron chi connectivity index (χ4n) is 4.16. The van der Waals surface area contributed by atoms with Crippen molar-refractivity contribution in [2.24, 2.45) is 0 Å². The predicted octanol–water partition coefficient (Wildman–Crippen LogP) is 7.03. The van der Waals surface area contributed by atoms with Crippen LogP contribution in [0.3, 0.4) is 0 Å². The highest BCUT2D eigenvalue weighted by atomic mass is 35.5. The summed E-state index contributed by atoms with van der Waals surface area (Å²) in [7, 11) is 0. The van der Waals surface area contributed by atoms with E-state index in [0.29, 0.717) is 28.9 Å². The zero-order valence-corrected chi connectivity index (χ0v) is 23.5. The molecule has 2 atom stereocenters. The first-order valence-electron chi connectivity index (χ1n) is 12.0. The summed E-state index contributed by atoms with van der Waals surface area (Å²) in [6, 6.07) is 9.73. The van der Waals surface area contributed by atoms with Gasteiger partial charge in [0.25, 0.3) is 11.8 Å². The second-order valence-corrected chi connectivity index (χ2v) is 11.4. The van der Waals surface area contributed by atoms with Gasteiger partial charge in [0, 0.05) is 5.69 Å². The number of alkyl halides is 6. The molecule has 41 heavy (non-hydrogen) atoms. The molecule has 1 unspecified atom stereocenters. The molecule has 13 heteroatoms. The van der Waals surface area contributed by atoms with E-state index >= 15 is 0 Å². The van der Waals surface area contributed by atoms with Gasteiger partial charge in [-0.3, -0.25) is 9.59 Å². The van der Waals surface area contributed by atoms with Gasteiger partial charge >= 0.3 is 12.4 Å². The van der Waals surface area contributed by atoms with Crippen molar-refractivity contribution in [1.29, 1.82) is 0 Å². The molecule has 3 rings (SSSR count). The molecule has 0 aliphatic carbocycles. The highest BCUT2D eigenvalue weighted by Crippen LogP contribution is 2.37.